The van der Waals surface area contributed by atoms with Gasteiger partial charge in [-0.25, -0.2) is 4.98 Å². The lowest BCUT2D eigenvalue weighted by molar-refractivity contribution is -0.116. The second-order valence-corrected chi connectivity index (χ2v) is 7.71. The molecule has 28 heavy (non-hydrogen) atoms. The zero-order valence-corrected chi connectivity index (χ0v) is 17.0. The first-order valence-corrected chi connectivity index (χ1v) is 9.99. The smallest absolute Gasteiger partial charge is 0.251 e. The number of aryl methyl sites for hydroxylation is 2. The first kappa shape index (κ1) is 19.8. The zero-order chi connectivity index (χ0) is 20.1. The molecule has 1 atom stereocenters. The summed E-state index contributed by atoms with van der Waals surface area (Å²) < 4.78 is 0. The summed E-state index contributed by atoms with van der Waals surface area (Å²) in [5.41, 5.74) is 4.85. The summed E-state index contributed by atoms with van der Waals surface area (Å²) in [6, 6.07) is 14.9. The van der Waals surface area contributed by atoms with Crippen molar-refractivity contribution in [1.29, 1.82) is 0 Å². The van der Waals surface area contributed by atoms with Gasteiger partial charge in [-0.05, 0) is 38.5 Å². The molecule has 0 saturated carbocycles. The maximum absolute atomic E-state index is 12.3. The minimum atomic E-state index is -0.286. The van der Waals surface area contributed by atoms with Gasteiger partial charge in [0.15, 0.2) is 5.13 Å². The fraction of sp³-hybridized carbons (Fsp3) is 0.227. The van der Waals surface area contributed by atoms with Crippen LogP contribution in [0.3, 0.4) is 0 Å². The molecule has 1 aromatic heterocycles. The van der Waals surface area contributed by atoms with Gasteiger partial charge in [-0.1, -0.05) is 42.0 Å². The quantitative estimate of drug-likeness (QED) is 0.644. The van der Waals surface area contributed by atoms with Crippen LogP contribution in [0, 0.1) is 13.8 Å². The van der Waals surface area contributed by atoms with Gasteiger partial charge < -0.3 is 10.6 Å². The number of aromatic nitrogens is 1. The molecule has 0 aliphatic carbocycles. The average molecular weight is 394 g/mol. The van der Waals surface area contributed by atoms with E-state index in [0.29, 0.717) is 10.7 Å². The largest absolute Gasteiger partial charge is 0.349 e. The highest BCUT2D eigenvalue weighted by molar-refractivity contribution is 7.14. The summed E-state index contributed by atoms with van der Waals surface area (Å²) in [5.74, 6) is -0.366. The first-order valence-electron chi connectivity index (χ1n) is 9.11. The van der Waals surface area contributed by atoms with E-state index in [4.69, 9.17) is 0 Å². The van der Waals surface area contributed by atoms with Crippen LogP contribution in [0.2, 0.25) is 0 Å². The summed E-state index contributed by atoms with van der Waals surface area (Å²) in [6.45, 7) is 5.92. The van der Waals surface area contributed by atoms with Crippen LogP contribution >= 0.6 is 11.3 Å². The van der Waals surface area contributed by atoms with Crippen LogP contribution in [-0.2, 0) is 4.79 Å². The van der Waals surface area contributed by atoms with Crippen molar-refractivity contribution in [2.75, 3.05) is 5.32 Å². The van der Waals surface area contributed by atoms with Crippen LogP contribution in [0.25, 0.3) is 11.3 Å². The Morgan fingerprint density at radius 1 is 1.11 bits per heavy atom. The van der Waals surface area contributed by atoms with Gasteiger partial charge in [0.25, 0.3) is 5.91 Å². The second kappa shape index (κ2) is 8.80. The van der Waals surface area contributed by atoms with Gasteiger partial charge >= 0.3 is 0 Å². The van der Waals surface area contributed by atoms with Crippen LogP contribution in [0.1, 0.15) is 34.8 Å². The number of hydrogen-bond donors (Lipinski definition) is 2. The SMILES string of the molecule is Cc1ccc(-c2csc(NC(=O)CC(C)NC(=O)c3ccccc3)n2)c(C)c1. The Morgan fingerprint density at radius 3 is 2.57 bits per heavy atom. The first-order chi connectivity index (χ1) is 13.4. The molecule has 0 radical (unpaired) electrons. The summed E-state index contributed by atoms with van der Waals surface area (Å²) in [7, 11) is 0. The predicted molar refractivity (Wildman–Crippen MR) is 114 cm³/mol. The van der Waals surface area contributed by atoms with Gasteiger partial charge in [-0.2, -0.15) is 0 Å². The van der Waals surface area contributed by atoms with Crippen molar-refractivity contribution in [3.05, 3.63) is 70.6 Å². The molecule has 0 spiro atoms. The van der Waals surface area contributed by atoms with Crippen LogP contribution in [0.15, 0.2) is 53.9 Å². The van der Waals surface area contributed by atoms with E-state index in [2.05, 4.69) is 41.6 Å². The molecule has 2 N–H and O–H groups in total. The van der Waals surface area contributed by atoms with Crippen molar-refractivity contribution in [3.63, 3.8) is 0 Å². The molecule has 1 unspecified atom stereocenters. The van der Waals surface area contributed by atoms with E-state index in [9.17, 15) is 9.59 Å². The highest BCUT2D eigenvalue weighted by atomic mass is 32.1. The minimum absolute atomic E-state index is 0.178. The fourth-order valence-electron chi connectivity index (χ4n) is 2.95. The third-order valence-electron chi connectivity index (χ3n) is 4.31. The second-order valence-electron chi connectivity index (χ2n) is 6.85. The van der Waals surface area contributed by atoms with E-state index in [1.54, 1.807) is 12.1 Å². The lowest BCUT2D eigenvalue weighted by Crippen LogP contribution is -2.35. The molecular formula is C22H23N3O2S. The van der Waals surface area contributed by atoms with Crippen LogP contribution in [0.4, 0.5) is 5.13 Å². The molecule has 0 aliphatic rings. The number of nitrogens with one attached hydrogen (secondary N) is 2. The van der Waals surface area contributed by atoms with Gasteiger partial charge in [0, 0.05) is 29.0 Å². The molecule has 3 rings (SSSR count). The molecule has 5 nitrogen and oxygen atoms in total. The topological polar surface area (TPSA) is 71.1 Å². The normalized spacial score (nSPS) is 11.7. The Hall–Kier alpha value is -2.99. The molecule has 0 saturated heterocycles. The number of amides is 2. The molecule has 2 aromatic carbocycles. The van der Waals surface area contributed by atoms with E-state index in [0.717, 1.165) is 16.8 Å². The molecule has 2 amide bonds. The minimum Gasteiger partial charge on any atom is -0.349 e. The van der Waals surface area contributed by atoms with Gasteiger partial charge in [-0.3, -0.25) is 9.59 Å². The summed E-state index contributed by atoms with van der Waals surface area (Å²) in [6.07, 6.45) is 0.178. The van der Waals surface area contributed by atoms with Gasteiger partial charge in [0.2, 0.25) is 5.91 Å². The average Bonchev–Trinajstić information content (AvgIpc) is 3.10. The summed E-state index contributed by atoms with van der Waals surface area (Å²) in [5, 5.41) is 8.16. The Bertz CT molecular complexity index is 982. The Labute approximate surface area is 168 Å². The molecule has 3 aromatic rings. The highest BCUT2D eigenvalue weighted by Gasteiger charge is 2.15. The van der Waals surface area contributed by atoms with Gasteiger partial charge in [0.05, 0.1) is 5.69 Å². The van der Waals surface area contributed by atoms with Crippen molar-refractivity contribution in [2.45, 2.75) is 33.2 Å². The number of thiazole rings is 1. The Morgan fingerprint density at radius 2 is 1.86 bits per heavy atom. The zero-order valence-electron chi connectivity index (χ0n) is 16.2. The lowest BCUT2D eigenvalue weighted by Gasteiger charge is -2.13. The van der Waals surface area contributed by atoms with Crippen molar-refractivity contribution >= 4 is 28.3 Å². The highest BCUT2D eigenvalue weighted by Crippen LogP contribution is 2.28. The Balaban J connectivity index is 1.56. The molecule has 0 fully saturated rings. The number of nitrogens with zero attached hydrogens (tertiary/aromatic N) is 1. The molecular weight excluding hydrogens is 370 g/mol. The third-order valence-corrected chi connectivity index (χ3v) is 5.07. The maximum atomic E-state index is 12.3. The summed E-state index contributed by atoms with van der Waals surface area (Å²) >= 11 is 1.39. The lowest BCUT2D eigenvalue weighted by atomic mass is 10.0. The fourth-order valence-corrected chi connectivity index (χ4v) is 3.68. The number of hydrogen-bond acceptors (Lipinski definition) is 4. The van der Waals surface area contributed by atoms with Crippen LogP contribution < -0.4 is 10.6 Å². The van der Waals surface area contributed by atoms with Gasteiger partial charge in [0.1, 0.15) is 0 Å². The molecule has 0 aliphatic heterocycles. The van der Waals surface area contributed by atoms with E-state index in [1.807, 2.05) is 36.6 Å². The van der Waals surface area contributed by atoms with E-state index in [-0.39, 0.29) is 24.3 Å². The third kappa shape index (κ3) is 5.04. The number of rotatable bonds is 6. The summed E-state index contributed by atoms with van der Waals surface area (Å²) in [4.78, 5) is 29.0. The monoisotopic (exact) mass is 393 g/mol. The molecule has 6 heteroatoms. The molecule has 0 bridgehead atoms. The molecule has 144 valence electrons. The van der Waals surface area contributed by atoms with Gasteiger partial charge in [-0.15, -0.1) is 11.3 Å². The Kier molecular flexibility index (Phi) is 6.21. The number of anilines is 1. The van der Waals surface area contributed by atoms with Crippen molar-refractivity contribution < 1.29 is 9.59 Å². The van der Waals surface area contributed by atoms with Crippen LogP contribution in [-0.4, -0.2) is 22.8 Å². The number of carbonyl (C=O) groups excluding carboxylic acids is 2. The standard InChI is InChI=1S/C22H23N3O2S/c1-14-9-10-18(15(2)11-14)19-13-28-22(24-19)25-20(26)12-16(3)23-21(27)17-7-5-4-6-8-17/h4-11,13,16H,12H2,1-3H3,(H,23,27)(H,24,25,26). The van der Waals surface area contributed by atoms with E-state index in [1.165, 1.54) is 16.9 Å². The number of benzene rings is 2. The maximum Gasteiger partial charge on any atom is 0.251 e. The van der Waals surface area contributed by atoms with E-state index < -0.39 is 0 Å². The van der Waals surface area contributed by atoms with Crippen molar-refractivity contribution in [1.82, 2.24) is 10.3 Å². The van der Waals surface area contributed by atoms with E-state index >= 15 is 0 Å². The van der Waals surface area contributed by atoms with Crippen molar-refractivity contribution in [3.8, 4) is 11.3 Å². The van der Waals surface area contributed by atoms with Crippen molar-refractivity contribution in [2.24, 2.45) is 0 Å². The number of carbonyl (C=O) groups is 2. The van der Waals surface area contributed by atoms with Crippen LogP contribution in [0.5, 0.6) is 0 Å². The molecule has 1 heterocycles. The predicted octanol–water partition coefficient (Wildman–Crippen LogP) is 4.57.